The highest BCUT2D eigenvalue weighted by Gasteiger charge is 2.46. The summed E-state index contributed by atoms with van der Waals surface area (Å²) in [5.74, 6) is -0.404. The van der Waals surface area contributed by atoms with Gasteiger partial charge in [0, 0.05) is 12.6 Å². The van der Waals surface area contributed by atoms with Crippen LogP contribution in [0.15, 0.2) is 32.8 Å². The zero-order chi connectivity index (χ0) is 29.4. The van der Waals surface area contributed by atoms with Crippen LogP contribution in [0.5, 0.6) is 0 Å². The van der Waals surface area contributed by atoms with Gasteiger partial charge in [-0.15, -0.1) is 6.42 Å². The van der Waals surface area contributed by atoms with Gasteiger partial charge in [0.15, 0.2) is 6.23 Å². The number of nitrogen functional groups attached to an aromatic ring is 1. The summed E-state index contributed by atoms with van der Waals surface area (Å²) >= 11 is 0. The summed E-state index contributed by atoms with van der Waals surface area (Å²) in [5.41, 5.74) is 2.31. The number of rotatable bonds is 8. The van der Waals surface area contributed by atoms with E-state index in [9.17, 15) is 43.6 Å². The number of hydrogen-bond donors (Lipinski definition) is 6. The number of nitrogens with zero attached hydrogens (tertiary/aromatic N) is 3. The van der Waals surface area contributed by atoms with Crippen LogP contribution < -0.4 is 22.7 Å². The van der Waals surface area contributed by atoms with Crippen LogP contribution >= 0.6 is 7.82 Å². The molecule has 7 N–H and O–H groups in total. The van der Waals surface area contributed by atoms with Gasteiger partial charge in [0.2, 0.25) is 5.82 Å². The summed E-state index contributed by atoms with van der Waals surface area (Å²) in [6.45, 7) is -1.46. The van der Waals surface area contributed by atoms with Crippen molar-refractivity contribution in [1.82, 2.24) is 19.1 Å². The maximum Gasteiger partial charge on any atom is 0.472 e. The molecule has 19 heteroatoms. The number of ether oxygens (including phenoxy) is 2. The van der Waals surface area contributed by atoms with Gasteiger partial charge in [0.25, 0.3) is 5.56 Å². The van der Waals surface area contributed by atoms with Crippen LogP contribution in [-0.4, -0.2) is 83.0 Å². The normalized spacial score (nSPS) is 31.9. The molecule has 0 bridgehead atoms. The van der Waals surface area contributed by atoms with Crippen LogP contribution in [0.4, 0.5) is 10.2 Å². The van der Waals surface area contributed by atoms with Gasteiger partial charge in [0.05, 0.1) is 31.4 Å². The van der Waals surface area contributed by atoms with E-state index in [1.165, 1.54) is 6.07 Å². The fourth-order valence-electron chi connectivity index (χ4n) is 4.23. The van der Waals surface area contributed by atoms with Crippen LogP contribution in [0.1, 0.15) is 18.9 Å². The second-order valence-electron chi connectivity index (χ2n) is 8.92. The largest absolute Gasteiger partial charge is 0.472 e. The molecule has 2 fully saturated rings. The summed E-state index contributed by atoms with van der Waals surface area (Å²) in [6.07, 6.45) is -2.98. The smallest absolute Gasteiger partial charge is 0.390 e. The number of H-pyrrole nitrogens is 1. The fourth-order valence-corrected chi connectivity index (χ4v) is 4.97. The summed E-state index contributed by atoms with van der Waals surface area (Å²) in [6, 6.07) is 1.24. The van der Waals surface area contributed by atoms with Crippen LogP contribution in [0.2, 0.25) is 0 Å². The Balaban J connectivity index is 1.39. The van der Waals surface area contributed by atoms with Crippen LogP contribution in [0, 0.1) is 24.1 Å². The topological polar surface area (TPSA) is 251 Å². The zero-order valence-corrected chi connectivity index (χ0v) is 21.2. The van der Waals surface area contributed by atoms with Crippen molar-refractivity contribution in [2.45, 2.75) is 49.4 Å². The van der Waals surface area contributed by atoms with Gasteiger partial charge in [-0.1, -0.05) is 5.92 Å². The number of hydrogen-bond acceptors (Lipinski definition) is 13. The molecule has 2 aliphatic rings. The van der Waals surface area contributed by atoms with Crippen molar-refractivity contribution in [2.24, 2.45) is 5.92 Å². The van der Waals surface area contributed by atoms with Gasteiger partial charge in [-0.3, -0.25) is 28.0 Å². The molecule has 0 radical (unpaired) electrons. The minimum Gasteiger partial charge on any atom is -0.390 e. The molecule has 2 aliphatic heterocycles. The number of phosphoric acid groups is 1. The van der Waals surface area contributed by atoms with E-state index in [1.54, 1.807) is 4.98 Å². The Hall–Kier alpha value is -3.24. The van der Waals surface area contributed by atoms with E-state index in [2.05, 4.69) is 10.9 Å². The van der Waals surface area contributed by atoms with Gasteiger partial charge in [-0.2, -0.15) is 9.37 Å². The third-order valence-corrected chi connectivity index (χ3v) is 7.24. The van der Waals surface area contributed by atoms with Gasteiger partial charge in [0.1, 0.15) is 36.5 Å². The fraction of sp³-hybridized carbons (Fsp3) is 0.524. The van der Waals surface area contributed by atoms with E-state index >= 15 is 0 Å². The molecule has 5 unspecified atom stereocenters. The Morgan fingerprint density at radius 3 is 2.50 bits per heavy atom. The van der Waals surface area contributed by atoms with Gasteiger partial charge < -0.3 is 35.4 Å². The number of halogens is 1. The Bertz CT molecular complexity index is 1510. The molecule has 40 heavy (non-hydrogen) atoms. The third-order valence-electron chi connectivity index (χ3n) is 6.29. The van der Waals surface area contributed by atoms with Crippen molar-refractivity contribution in [3.8, 4) is 12.3 Å². The number of aliphatic hydroxyl groups excluding tert-OH is 3. The average Bonchev–Trinajstić information content (AvgIpc) is 3.26. The predicted molar refractivity (Wildman–Crippen MR) is 129 cm³/mol. The molecule has 17 nitrogen and oxygen atoms in total. The molecule has 0 aromatic carbocycles. The molecule has 0 aliphatic carbocycles. The van der Waals surface area contributed by atoms with Crippen molar-refractivity contribution in [3.05, 3.63) is 55.6 Å². The molecule has 9 atom stereocenters. The molecule has 218 valence electrons. The molecule has 0 saturated carbocycles. The lowest BCUT2D eigenvalue weighted by Crippen LogP contribution is -2.54. The SMILES string of the molecule is C#CC1C(O)C(O)[C@@H](n2ccc(N)nc2=O)O[C@H]1COP(=O)(O)OC[C@H]1O[C@@H](n2cc(F)c(=O)[nH]c2=O)CC1O. The predicted octanol–water partition coefficient (Wildman–Crippen LogP) is -2.83. The number of phosphoric ester groups is 1. The molecule has 4 heterocycles. The molecule has 2 aromatic rings. The quantitative estimate of drug-likeness (QED) is 0.134. The lowest BCUT2D eigenvalue weighted by Gasteiger charge is -2.41. The van der Waals surface area contributed by atoms with E-state index < -0.39 is 92.7 Å². The van der Waals surface area contributed by atoms with Gasteiger partial charge >= 0.3 is 19.2 Å². The lowest BCUT2D eigenvalue weighted by molar-refractivity contribution is -0.222. The van der Waals surface area contributed by atoms with Gasteiger partial charge in [-0.25, -0.2) is 14.2 Å². The Kier molecular flexibility index (Phi) is 8.70. The molecule has 4 rings (SSSR count). The first-order valence-electron chi connectivity index (χ1n) is 11.6. The number of nitrogens with one attached hydrogen (secondary N) is 1. The average molecular weight is 589 g/mol. The maximum atomic E-state index is 13.6. The minimum absolute atomic E-state index is 0.104. The minimum atomic E-state index is -4.89. The highest BCUT2D eigenvalue weighted by atomic mass is 31.2. The molecular formula is C21H25FN5O12P. The molecule has 2 saturated heterocycles. The highest BCUT2D eigenvalue weighted by Crippen LogP contribution is 2.45. The summed E-state index contributed by atoms with van der Waals surface area (Å²) in [5, 5.41) is 31.2. The van der Waals surface area contributed by atoms with Crippen molar-refractivity contribution in [3.63, 3.8) is 0 Å². The highest BCUT2D eigenvalue weighted by molar-refractivity contribution is 7.47. The summed E-state index contributed by atoms with van der Waals surface area (Å²) in [7, 11) is -4.89. The van der Waals surface area contributed by atoms with Crippen LogP contribution in [0.25, 0.3) is 0 Å². The standard InChI is InChI=1S/C21H25FN5O12P/c1-2-9-12(39-19(17(30)16(9)29)26-4-3-14(23)24-20(26)32)7-36-40(34,35)37-8-13-11(28)5-15(38-13)27-6-10(22)18(31)25-21(27)33/h1,3-4,6,9,11-13,15-17,19,28-30H,5,7-8H2,(H,34,35)(H2,23,24,32)(H,25,31,33)/t9?,11?,12-,13+,15+,16?,17?,19-/m0/s1. The van der Waals surface area contributed by atoms with E-state index in [-0.39, 0.29) is 12.2 Å². The zero-order valence-electron chi connectivity index (χ0n) is 20.3. The first-order valence-corrected chi connectivity index (χ1v) is 13.1. The van der Waals surface area contributed by atoms with Crippen molar-refractivity contribution < 1.29 is 47.7 Å². The number of aliphatic hydroxyl groups is 3. The maximum absolute atomic E-state index is 13.6. The van der Waals surface area contributed by atoms with Gasteiger partial charge in [-0.05, 0) is 6.07 Å². The lowest BCUT2D eigenvalue weighted by atomic mass is 9.89. The first-order chi connectivity index (χ1) is 18.8. The summed E-state index contributed by atoms with van der Waals surface area (Å²) in [4.78, 5) is 50.8. The third kappa shape index (κ3) is 6.23. The van der Waals surface area contributed by atoms with E-state index in [4.69, 9.17) is 30.7 Å². The van der Waals surface area contributed by atoms with Crippen molar-refractivity contribution in [2.75, 3.05) is 18.9 Å². The monoisotopic (exact) mass is 589 g/mol. The van der Waals surface area contributed by atoms with Crippen LogP contribution in [-0.2, 0) is 23.1 Å². The number of anilines is 1. The number of aromatic amines is 1. The van der Waals surface area contributed by atoms with Crippen molar-refractivity contribution >= 4 is 13.6 Å². The molecule has 0 spiro atoms. The second kappa shape index (κ2) is 11.7. The Labute approximate surface area is 223 Å². The second-order valence-corrected chi connectivity index (χ2v) is 10.4. The Morgan fingerprint density at radius 1 is 1.18 bits per heavy atom. The molecule has 0 amide bonds. The molecular weight excluding hydrogens is 564 g/mol. The number of nitrogens with two attached hydrogens (primary N) is 1. The van der Waals surface area contributed by atoms with E-state index in [1.807, 2.05) is 0 Å². The first kappa shape index (κ1) is 29.7. The summed E-state index contributed by atoms with van der Waals surface area (Å²) < 4.78 is 48.5. The molecule has 2 aromatic heterocycles. The van der Waals surface area contributed by atoms with E-state index in [0.717, 1.165) is 10.8 Å². The number of aromatic nitrogens is 4. The van der Waals surface area contributed by atoms with E-state index in [0.29, 0.717) is 10.8 Å². The van der Waals surface area contributed by atoms with Crippen molar-refractivity contribution in [1.29, 1.82) is 0 Å². The van der Waals surface area contributed by atoms with Crippen LogP contribution in [0.3, 0.4) is 0 Å². The Morgan fingerprint density at radius 2 is 1.85 bits per heavy atom. The number of terminal acetylenes is 1.